The quantitative estimate of drug-likeness (QED) is 0.768. The molecule has 2 aliphatic heterocycles. The second kappa shape index (κ2) is 8.29. The number of benzene rings is 2. The molecular formula is C21H23ClN2O4. The molecular weight excluding hydrogens is 380 g/mol. The highest BCUT2D eigenvalue weighted by atomic mass is 35.5. The van der Waals surface area contributed by atoms with E-state index in [0.29, 0.717) is 23.9 Å². The van der Waals surface area contributed by atoms with Gasteiger partial charge in [-0.3, -0.25) is 9.69 Å². The number of carbonyl (C=O) groups excluding carboxylic acids is 1. The highest BCUT2D eigenvalue weighted by Gasteiger charge is 2.26. The summed E-state index contributed by atoms with van der Waals surface area (Å²) >= 11 is 5.88. The minimum Gasteiger partial charge on any atom is -0.481 e. The Bertz CT molecular complexity index is 835. The molecule has 0 unspecified atom stereocenters. The monoisotopic (exact) mass is 402 g/mol. The van der Waals surface area contributed by atoms with E-state index in [9.17, 15) is 4.79 Å². The number of halogens is 1. The zero-order valence-corrected chi connectivity index (χ0v) is 16.5. The SMILES string of the molecule is C[C@@H](Oc1ccc(Cl)cc1)C(=O)N1CCN(Cc2ccc3c(c2)OCO3)CC1. The lowest BCUT2D eigenvalue weighted by Gasteiger charge is -2.35. The van der Waals surface area contributed by atoms with E-state index in [-0.39, 0.29) is 12.7 Å². The van der Waals surface area contributed by atoms with Crippen LogP contribution in [0, 0.1) is 0 Å². The predicted octanol–water partition coefficient (Wildman–Crippen LogP) is 3.18. The van der Waals surface area contributed by atoms with Crippen molar-refractivity contribution in [3.05, 3.63) is 53.1 Å². The Labute approximate surface area is 169 Å². The summed E-state index contributed by atoms with van der Waals surface area (Å²) in [4.78, 5) is 16.9. The molecule has 6 nitrogen and oxygen atoms in total. The second-order valence-electron chi connectivity index (χ2n) is 7.00. The van der Waals surface area contributed by atoms with Crippen LogP contribution in [-0.2, 0) is 11.3 Å². The third-order valence-corrected chi connectivity index (χ3v) is 5.25. The molecule has 2 aliphatic rings. The Balaban J connectivity index is 1.27. The van der Waals surface area contributed by atoms with E-state index in [4.69, 9.17) is 25.8 Å². The molecule has 0 spiro atoms. The van der Waals surface area contributed by atoms with Gasteiger partial charge in [0.25, 0.3) is 5.91 Å². The predicted molar refractivity (Wildman–Crippen MR) is 106 cm³/mol. The van der Waals surface area contributed by atoms with Crippen molar-refractivity contribution in [2.24, 2.45) is 0 Å². The van der Waals surface area contributed by atoms with E-state index in [1.165, 1.54) is 5.56 Å². The standard InChI is InChI=1S/C21H23ClN2O4/c1-15(28-18-5-3-17(22)4-6-18)21(25)24-10-8-23(9-11-24)13-16-2-7-19-20(12-16)27-14-26-19/h2-7,12,15H,8-11,13-14H2,1H3/t15-/m1/s1. The normalized spacial score (nSPS) is 17.4. The van der Waals surface area contributed by atoms with Crippen LogP contribution in [-0.4, -0.2) is 54.8 Å². The van der Waals surface area contributed by atoms with Gasteiger partial charge in [0.05, 0.1) is 0 Å². The van der Waals surface area contributed by atoms with Crippen molar-refractivity contribution < 1.29 is 19.0 Å². The minimum absolute atomic E-state index is 0.0117. The topological polar surface area (TPSA) is 51.2 Å². The molecule has 1 amide bonds. The first-order valence-electron chi connectivity index (χ1n) is 9.40. The van der Waals surface area contributed by atoms with Crippen molar-refractivity contribution in [2.75, 3.05) is 33.0 Å². The van der Waals surface area contributed by atoms with Crippen LogP contribution in [0.5, 0.6) is 17.2 Å². The van der Waals surface area contributed by atoms with Crippen LogP contribution in [0.25, 0.3) is 0 Å². The molecule has 0 bridgehead atoms. The summed E-state index contributed by atoms with van der Waals surface area (Å²) in [5.41, 5.74) is 1.18. The Morgan fingerprint density at radius 3 is 2.54 bits per heavy atom. The van der Waals surface area contributed by atoms with E-state index >= 15 is 0 Å². The van der Waals surface area contributed by atoms with Crippen molar-refractivity contribution in [3.63, 3.8) is 0 Å². The maximum Gasteiger partial charge on any atom is 0.263 e. The first kappa shape index (κ1) is 18.9. The van der Waals surface area contributed by atoms with Gasteiger partial charge in [-0.2, -0.15) is 0 Å². The molecule has 0 aromatic heterocycles. The Morgan fingerprint density at radius 1 is 1.07 bits per heavy atom. The van der Waals surface area contributed by atoms with Crippen LogP contribution >= 0.6 is 11.6 Å². The number of hydrogen-bond donors (Lipinski definition) is 0. The van der Waals surface area contributed by atoms with Crippen molar-refractivity contribution in [1.29, 1.82) is 0 Å². The van der Waals surface area contributed by atoms with Crippen LogP contribution < -0.4 is 14.2 Å². The average Bonchev–Trinajstić information content (AvgIpc) is 3.17. The fraction of sp³-hybridized carbons (Fsp3) is 0.381. The largest absolute Gasteiger partial charge is 0.481 e. The molecule has 7 heteroatoms. The van der Waals surface area contributed by atoms with Crippen molar-refractivity contribution in [3.8, 4) is 17.2 Å². The summed E-state index contributed by atoms with van der Waals surface area (Å²) in [7, 11) is 0. The fourth-order valence-corrected chi connectivity index (χ4v) is 3.57. The van der Waals surface area contributed by atoms with E-state index in [2.05, 4.69) is 11.0 Å². The molecule has 0 saturated carbocycles. The second-order valence-corrected chi connectivity index (χ2v) is 7.44. The smallest absolute Gasteiger partial charge is 0.263 e. The zero-order chi connectivity index (χ0) is 19.5. The first-order chi connectivity index (χ1) is 13.6. The highest BCUT2D eigenvalue weighted by Crippen LogP contribution is 2.32. The number of amides is 1. The molecule has 28 heavy (non-hydrogen) atoms. The van der Waals surface area contributed by atoms with Crippen LogP contribution in [0.4, 0.5) is 0 Å². The molecule has 2 aromatic rings. The molecule has 4 rings (SSSR count). The van der Waals surface area contributed by atoms with E-state index in [1.54, 1.807) is 31.2 Å². The molecule has 2 aromatic carbocycles. The van der Waals surface area contributed by atoms with Gasteiger partial charge in [-0.25, -0.2) is 0 Å². The average molecular weight is 403 g/mol. The molecule has 148 valence electrons. The van der Waals surface area contributed by atoms with Gasteiger partial charge in [-0.15, -0.1) is 0 Å². The number of carbonyl (C=O) groups is 1. The van der Waals surface area contributed by atoms with Crippen LogP contribution in [0.1, 0.15) is 12.5 Å². The highest BCUT2D eigenvalue weighted by molar-refractivity contribution is 6.30. The molecule has 1 fully saturated rings. The number of piperazine rings is 1. The van der Waals surface area contributed by atoms with Crippen molar-refractivity contribution in [2.45, 2.75) is 19.6 Å². The van der Waals surface area contributed by atoms with Gasteiger partial charge in [0.1, 0.15) is 5.75 Å². The molecule has 1 saturated heterocycles. The summed E-state index contributed by atoms with van der Waals surface area (Å²) < 4.78 is 16.6. The molecule has 0 aliphatic carbocycles. The first-order valence-corrected chi connectivity index (χ1v) is 9.78. The van der Waals surface area contributed by atoms with Gasteiger partial charge in [0.2, 0.25) is 6.79 Å². The fourth-order valence-electron chi connectivity index (χ4n) is 3.45. The van der Waals surface area contributed by atoms with E-state index in [0.717, 1.165) is 31.1 Å². The summed E-state index contributed by atoms with van der Waals surface area (Å²) in [6.07, 6.45) is -0.526. The number of fused-ring (bicyclic) bond motifs is 1. The summed E-state index contributed by atoms with van der Waals surface area (Å²) in [5, 5.41) is 0.643. The van der Waals surface area contributed by atoms with Gasteiger partial charge in [0, 0.05) is 37.7 Å². The number of rotatable bonds is 5. The molecule has 0 radical (unpaired) electrons. The Kier molecular flexibility index (Phi) is 5.59. The van der Waals surface area contributed by atoms with Gasteiger partial charge in [-0.05, 0) is 48.9 Å². The maximum absolute atomic E-state index is 12.7. The Morgan fingerprint density at radius 2 is 1.79 bits per heavy atom. The number of nitrogens with zero attached hydrogens (tertiary/aromatic N) is 2. The van der Waals surface area contributed by atoms with Gasteiger partial charge < -0.3 is 19.1 Å². The summed E-state index contributed by atoms with van der Waals surface area (Å²) in [5.74, 6) is 2.26. The lowest BCUT2D eigenvalue weighted by Crippen LogP contribution is -2.51. The number of ether oxygens (including phenoxy) is 3. The van der Waals surface area contributed by atoms with Gasteiger partial charge in [0.15, 0.2) is 17.6 Å². The van der Waals surface area contributed by atoms with Crippen LogP contribution in [0.2, 0.25) is 5.02 Å². The molecule has 0 N–H and O–H groups in total. The van der Waals surface area contributed by atoms with Gasteiger partial charge in [-0.1, -0.05) is 17.7 Å². The third kappa shape index (κ3) is 4.34. The molecule has 2 heterocycles. The van der Waals surface area contributed by atoms with E-state index < -0.39 is 6.10 Å². The van der Waals surface area contributed by atoms with Gasteiger partial charge >= 0.3 is 0 Å². The van der Waals surface area contributed by atoms with E-state index in [1.807, 2.05) is 17.0 Å². The van der Waals surface area contributed by atoms with Crippen molar-refractivity contribution in [1.82, 2.24) is 9.80 Å². The minimum atomic E-state index is -0.526. The lowest BCUT2D eigenvalue weighted by atomic mass is 10.1. The number of hydrogen-bond acceptors (Lipinski definition) is 5. The van der Waals surface area contributed by atoms with Crippen LogP contribution in [0.15, 0.2) is 42.5 Å². The lowest BCUT2D eigenvalue weighted by molar-refractivity contribution is -0.139. The summed E-state index contributed by atoms with van der Waals surface area (Å²) in [6, 6.07) is 13.1. The molecule has 1 atom stereocenters. The third-order valence-electron chi connectivity index (χ3n) is 5.00. The maximum atomic E-state index is 12.7. The summed E-state index contributed by atoms with van der Waals surface area (Å²) in [6.45, 7) is 5.94. The van der Waals surface area contributed by atoms with Crippen molar-refractivity contribution >= 4 is 17.5 Å². The zero-order valence-electron chi connectivity index (χ0n) is 15.8. The Hall–Kier alpha value is -2.44. The van der Waals surface area contributed by atoms with Crippen LogP contribution in [0.3, 0.4) is 0 Å².